The molecule has 0 aliphatic carbocycles. The average Bonchev–Trinajstić information content (AvgIpc) is 2.15. The number of hydrogen-bond acceptors (Lipinski definition) is 2. The van der Waals surface area contributed by atoms with Gasteiger partial charge in [0.2, 0.25) is 0 Å². The van der Waals surface area contributed by atoms with E-state index in [0.29, 0.717) is 0 Å². The Kier molecular flexibility index (Phi) is 3.48. The Balaban J connectivity index is 2.54. The van der Waals surface area contributed by atoms with Crippen LogP contribution in [0.2, 0.25) is 0 Å². The van der Waals surface area contributed by atoms with E-state index in [1.165, 1.54) is 5.56 Å². The summed E-state index contributed by atoms with van der Waals surface area (Å²) in [4.78, 5) is 3.95. The second-order valence-electron chi connectivity index (χ2n) is 2.69. The maximum absolute atomic E-state index is 3.99. The standard InChI is InChI=1S/C10H14N2/c1-9(3-6-11-2)10-4-7-12-8-5-10/h4-5,7-8,11H,1,3,6H2,2H3. The van der Waals surface area contributed by atoms with E-state index in [4.69, 9.17) is 0 Å². The lowest BCUT2D eigenvalue weighted by molar-refractivity contribution is 0.816. The molecule has 64 valence electrons. The predicted octanol–water partition coefficient (Wildman–Crippen LogP) is 1.70. The van der Waals surface area contributed by atoms with Crippen molar-refractivity contribution in [3.63, 3.8) is 0 Å². The Morgan fingerprint density at radius 3 is 2.75 bits per heavy atom. The van der Waals surface area contributed by atoms with Crippen molar-refractivity contribution in [2.24, 2.45) is 0 Å². The summed E-state index contributed by atoms with van der Waals surface area (Å²) in [5.41, 5.74) is 2.34. The normalized spacial score (nSPS) is 9.75. The summed E-state index contributed by atoms with van der Waals surface area (Å²) in [6.07, 6.45) is 4.57. The fourth-order valence-corrected chi connectivity index (χ4v) is 1.01. The summed E-state index contributed by atoms with van der Waals surface area (Å²) in [5, 5.41) is 3.09. The van der Waals surface area contributed by atoms with Crippen LogP contribution in [-0.2, 0) is 0 Å². The first-order chi connectivity index (χ1) is 5.84. The third kappa shape index (κ3) is 2.47. The zero-order valence-corrected chi connectivity index (χ0v) is 7.38. The van der Waals surface area contributed by atoms with E-state index in [9.17, 15) is 0 Å². The topological polar surface area (TPSA) is 24.9 Å². The summed E-state index contributed by atoms with van der Waals surface area (Å²) in [6.45, 7) is 4.97. The molecule has 0 aromatic carbocycles. The smallest absolute Gasteiger partial charge is 0.0273 e. The van der Waals surface area contributed by atoms with Gasteiger partial charge in [0.15, 0.2) is 0 Å². The minimum atomic E-state index is 0.973. The second-order valence-corrected chi connectivity index (χ2v) is 2.69. The first-order valence-corrected chi connectivity index (χ1v) is 4.07. The number of nitrogens with one attached hydrogen (secondary N) is 1. The highest BCUT2D eigenvalue weighted by molar-refractivity contribution is 5.62. The van der Waals surface area contributed by atoms with Gasteiger partial charge < -0.3 is 5.32 Å². The molecule has 0 bridgehead atoms. The van der Waals surface area contributed by atoms with Gasteiger partial charge in [0.1, 0.15) is 0 Å². The minimum Gasteiger partial charge on any atom is -0.319 e. The molecule has 0 spiro atoms. The van der Waals surface area contributed by atoms with Crippen LogP contribution in [0.3, 0.4) is 0 Å². The molecule has 2 heteroatoms. The average molecular weight is 162 g/mol. The van der Waals surface area contributed by atoms with E-state index in [1.807, 2.05) is 19.2 Å². The Labute approximate surface area is 73.3 Å². The van der Waals surface area contributed by atoms with Gasteiger partial charge >= 0.3 is 0 Å². The molecule has 0 saturated carbocycles. The highest BCUT2D eigenvalue weighted by Gasteiger charge is 1.95. The molecule has 12 heavy (non-hydrogen) atoms. The molecular weight excluding hydrogens is 148 g/mol. The van der Waals surface area contributed by atoms with Gasteiger partial charge in [-0.15, -0.1) is 0 Å². The zero-order valence-electron chi connectivity index (χ0n) is 7.38. The summed E-state index contributed by atoms with van der Waals surface area (Å²) < 4.78 is 0. The van der Waals surface area contributed by atoms with Gasteiger partial charge in [0, 0.05) is 12.4 Å². The summed E-state index contributed by atoms with van der Waals surface area (Å²) in [6, 6.07) is 3.97. The van der Waals surface area contributed by atoms with E-state index < -0.39 is 0 Å². The van der Waals surface area contributed by atoms with E-state index in [0.717, 1.165) is 18.5 Å². The van der Waals surface area contributed by atoms with E-state index in [1.54, 1.807) is 12.4 Å². The fraction of sp³-hybridized carbons (Fsp3) is 0.300. The predicted molar refractivity (Wildman–Crippen MR) is 51.8 cm³/mol. The molecule has 1 N–H and O–H groups in total. The van der Waals surface area contributed by atoms with Crippen molar-refractivity contribution in [1.29, 1.82) is 0 Å². The van der Waals surface area contributed by atoms with Gasteiger partial charge in [-0.05, 0) is 43.3 Å². The van der Waals surface area contributed by atoms with Crippen LogP contribution in [0.15, 0.2) is 31.1 Å². The van der Waals surface area contributed by atoms with Gasteiger partial charge in [-0.1, -0.05) is 6.58 Å². The maximum atomic E-state index is 3.99. The molecule has 0 unspecified atom stereocenters. The SMILES string of the molecule is C=C(CCNC)c1ccncc1. The number of pyridine rings is 1. The quantitative estimate of drug-likeness (QED) is 0.729. The van der Waals surface area contributed by atoms with Crippen LogP contribution in [-0.4, -0.2) is 18.6 Å². The fourth-order valence-electron chi connectivity index (χ4n) is 1.01. The van der Waals surface area contributed by atoms with Crippen LogP contribution in [0.4, 0.5) is 0 Å². The summed E-state index contributed by atoms with van der Waals surface area (Å²) >= 11 is 0. The molecule has 1 aromatic heterocycles. The molecular formula is C10H14N2. The van der Waals surface area contributed by atoms with E-state index in [2.05, 4.69) is 16.9 Å². The van der Waals surface area contributed by atoms with E-state index in [-0.39, 0.29) is 0 Å². The number of aromatic nitrogens is 1. The van der Waals surface area contributed by atoms with E-state index >= 15 is 0 Å². The van der Waals surface area contributed by atoms with Crippen molar-refractivity contribution >= 4 is 5.57 Å². The lowest BCUT2D eigenvalue weighted by Crippen LogP contribution is -2.07. The molecule has 0 atom stereocenters. The Hall–Kier alpha value is -1.15. The Bertz CT molecular complexity index is 241. The van der Waals surface area contributed by atoms with Crippen molar-refractivity contribution in [3.05, 3.63) is 36.7 Å². The Morgan fingerprint density at radius 2 is 2.17 bits per heavy atom. The van der Waals surface area contributed by atoms with Gasteiger partial charge in [0.05, 0.1) is 0 Å². The van der Waals surface area contributed by atoms with Crippen LogP contribution in [0.25, 0.3) is 5.57 Å². The minimum absolute atomic E-state index is 0.973. The number of hydrogen-bond donors (Lipinski definition) is 1. The van der Waals surface area contributed by atoms with Crippen molar-refractivity contribution in [3.8, 4) is 0 Å². The van der Waals surface area contributed by atoms with Gasteiger partial charge in [-0.3, -0.25) is 4.98 Å². The molecule has 2 nitrogen and oxygen atoms in total. The monoisotopic (exact) mass is 162 g/mol. The highest BCUT2D eigenvalue weighted by atomic mass is 14.8. The molecule has 0 saturated heterocycles. The first-order valence-electron chi connectivity index (χ1n) is 4.07. The van der Waals surface area contributed by atoms with Gasteiger partial charge in [-0.2, -0.15) is 0 Å². The lowest BCUT2D eigenvalue weighted by Gasteiger charge is -2.03. The molecule has 0 radical (unpaired) electrons. The molecule has 0 aliphatic heterocycles. The van der Waals surface area contributed by atoms with Gasteiger partial charge in [-0.25, -0.2) is 0 Å². The molecule has 1 rings (SSSR count). The molecule has 0 aliphatic rings. The van der Waals surface area contributed by atoms with Crippen molar-refractivity contribution in [1.82, 2.24) is 10.3 Å². The number of nitrogens with zero attached hydrogens (tertiary/aromatic N) is 1. The third-order valence-electron chi connectivity index (χ3n) is 1.77. The third-order valence-corrected chi connectivity index (χ3v) is 1.77. The van der Waals surface area contributed by atoms with Gasteiger partial charge in [0.25, 0.3) is 0 Å². The summed E-state index contributed by atoms with van der Waals surface area (Å²) in [7, 11) is 1.94. The van der Waals surface area contributed by atoms with Crippen LogP contribution in [0.5, 0.6) is 0 Å². The molecule has 0 fully saturated rings. The highest BCUT2D eigenvalue weighted by Crippen LogP contribution is 2.13. The van der Waals surface area contributed by atoms with Crippen molar-refractivity contribution in [2.45, 2.75) is 6.42 Å². The van der Waals surface area contributed by atoms with Crippen LogP contribution in [0, 0.1) is 0 Å². The van der Waals surface area contributed by atoms with Crippen LogP contribution >= 0.6 is 0 Å². The molecule has 1 heterocycles. The first kappa shape index (κ1) is 8.94. The van der Waals surface area contributed by atoms with Crippen molar-refractivity contribution < 1.29 is 0 Å². The molecule has 0 amide bonds. The number of rotatable bonds is 4. The maximum Gasteiger partial charge on any atom is 0.0273 e. The second kappa shape index (κ2) is 4.67. The lowest BCUT2D eigenvalue weighted by atomic mass is 10.1. The van der Waals surface area contributed by atoms with Crippen LogP contribution < -0.4 is 5.32 Å². The largest absolute Gasteiger partial charge is 0.319 e. The van der Waals surface area contributed by atoms with Crippen LogP contribution in [0.1, 0.15) is 12.0 Å². The van der Waals surface area contributed by atoms with Crippen molar-refractivity contribution in [2.75, 3.05) is 13.6 Å². The Morgan fingerprint density at radius 1 is 1.50 bits per heavy atom. The summed E-state index contributed by atoms with van der Waals surface area (Å²) in [5.74, 6) is 0. The molecule has 1 aromatic rings. The zero-order chi connectivity index (χ0) is 8.81.